The van der Waals surface area contributed by atoms with Crippen LogP contribution in [-0.2, 0) is 26.2 Å². The number of esters is 1. The average Bonchev–Trinajstić information content (AvgIpc) is 3.11. The first-order chi connectivity index (χ1) is 13.3. The quantitative estimate of drug-likeness (QED) is 0.570. The van der Waals surface area contributed by atoms with Crippen LogP contribution >= 0.6 is 11.3 Å². The van der Waals surface area contributed by atoms with E-state index >= 15 is 0 Å². The third kappa shape index (κ3) is 4.58. The molecule has 28 heavy (non-hydrogen) atoms. The van der Waals surface area contributed by atoms with Crippen LogP contribution in [0.2, 0.25) is 0 Å². The topological polar surface area (TPSA) is 107 Å². The lowest BCUT2D eigenvalue weighted by Crippen LogP contribution is -2.27. The van der Waals surface area contributed by atoms with Crippen LogP contribution in [0.15, 0.2) is 45.5 Å². The van der Waals surface area contributed by atoms with Gasteiger partial charge in [0.25, 0.3) is 5.56 Å². The molecule has 0 unspecified atom stereocenters. The van der Waals surface area contributed by atoms with E-state index in [9.17, 15) is 26.8 Å². The van der Waals surface area contributed by atoms with Crippen molar-refractivity contribution in [1.29, 1.82) is 0 Å². The molecule has 3 aromatic rings. The molecular formula is C16H13F2N3O5S2. The van der Waals surface area contributed by atoms with E-state index < -0.39 is 32.5 Å². The van der Waals surface area contributed by atoms with Crippen molar-refractivity contribution in [1.82, 2.24) is 14.1 Å². The summed E-state index contributed by atoms with van der Waals surface area (Å²) < 4.78 is 58.5. The molecule has 0 spiro atoms. The number of halogens is 2. The highest BCUT2D eigenvalue weighted by Gasteiger charge is 2.17. The van der Waals surface area contributed by atoms with Crippen LogP contribution in [0.25, 0.3) is 4.96 Å². The number of ether oxygens (including phenoxy) is 1. The van der Waals surface area contributed by atoms with E-state index in [0.717, 1.165) is 6.07 Å². The number of carbonyl (C=O) groups is 1. The number of fused-ring (bicyclic) bond motifs is 1. The second-order valence-corrected chi connectivity index (χ2v) is 8.17. The number of benzene rings is 1. The normalized spacial score (nSPS) is 11.6. The fourth-order valence-electron chi connectivity index (χ4n) is 2.20. The first-order valence-electron chi connectivity index (χ1n) is 7.82. The first kappa shape index (κ1) is 20.0. The van der Waals surface area contributed by atoms with E-state index in [2.05, 4.69) is 9.71 Å². The van der Waals surface area contributed by atoms with Gasteiger partial charge in [0.1, 0.15) is 6.61 Å². The molecule has 0 aliphatic heterocycles. The lowest BCUT2D eigenvalue weighted by molar-refractivity contribution is -0.144. The molecule has 0 bridgehead atoms. The van der Waals surface area contributed by atoms with Crippen molar-refractivity contribution in [3.8, 4) is 0 Å². The van der Waals surface area contributed by atoms with Crippen molar-refractivity contribution in [2.24, 2.45) is 0 Å². The van der Waals surface area contributed by atoms with Gasteiger partial charge in [-0.3, -0.25) is 14.0 Å². The van der Waals surface area contributed by atoms with Gasteiger partial charge in [0.2, 0.25) is 10.0 Å². The van der Waals surface area contributed by atoms with E-state index in [4.69, 9.17) is 4.74 Å². The molecule has 0 amide bonds. The van der Waals surface area contributed by atoms with Gasteiger partial charge < -0.3 is 4.74 Å². The van der Waals surface area contributed by atoms with Gasteiger partial charge in [-0.25, -0.2) is 26.9 Å². The van der Waals surface area contributed by atoms with Crippen molar-refractivity contribution in [2.75, 3.05) is 6.54 Å². The fraction of sp³-hybridized carbons (Fsp3) is 0.188. The highest BCUT2D eigenvalue weighted by atomic mass is 32.2. The van der Waals surface area contributed by atoms with Crippen molar-refractivity contribution in [2.45, 2.75) is 17.9 Å². The zero-order chi connectivity index (χ0) is 20.3. The van der Waals surface area contributed by atoms with Crippen molar-refractivity contribution in [3.63, 3.8) is 0 Å². The molecule has 2 aromatic heterocycles. The molecule has 8 nitrogen and oxygen atoms in total. The number of hydrogen-bond donors (Lipinski definition) is 1. The summed E-state index contributed by atoms with van der Waals surface area (Å²) >= 11 is 1.25. The molecule has 1 N–H and O–H groups in total. The van der Waals surface area contributed by atoms with E-state index in [0.29, 0.717) is 17.1 Å². The van der Waals surface area contributed by atoms with Crippen LogP contribution in [0.3, 0.4) is 0 Å². The Balaban J connectivity index is 1.52. The predicted molar refractivity (Wildman–Crippen MR) is 95.3 cm³/mol. The van der Waals surface area contributed by atoms with Gasteiger partial charge in [-0.05, 0) is 18.2 Å². The van der Waals surface area contributed by atoms with Crippen LogP contribution in [-0.4, -0.2) is 30.3 Å². The molecule has 2 heterocycles. The Morgan fingerprint density at radius 1 is 1.25 bits per heavy atom. The Morgan fingerprint density at radius 2 is 2.04 bits per heavy atom. The smallest absolute Gasteiger partial charge is 0.307 e. The lowest BCUT2D eigenvalue weighted by atomic mass is 10.3. The number of thiazole rings is 1. The molecule has 12 heteroatoms. The van der Waals surface area contributed by atoms with Gasteiger partial charge in [0, 0.05) is 24.2 Å². The molecule has 0 fully saturated rings. The molecule has 0 aliphatic rings. The Morgan fingerprint density at radius 3 is 2.79 bits per heavy atom. The highest BCUT2D eigenvalue weighted by molar-refractivity contribution is 7.89. The Hall–Kier alpha value is -2.70. The Kier molecular flexibility index (Phi) is 5.82. The molecular weight excluding hydrogens is 416 g/mol. The minimum atomic E-state index is -4.11. The summed E-state index contributed by atoms with van der Waals surface area (Å²) in [4.78, 5) is 27.8. The maximum Gasteiger partial charge on any atom is 0.307 e. The number of sulfonamides is 1. The molecule has 0 radical (unpaired) electrons. The SMILES string of the molecule is O=C(CCNS(=O)(=O)c1ccc(F)c(F)c1)OCc1cc(=O)n2ccsc2n1. The van der Waals surface area contributed by atoms with Gasteiger partial charge in [-0.1, -0.05) is 0 Å². The maximum absolute atomic E-state index is 13.2. The van der Waals surface area contributed by atoms with Gasteiger partial charge in [0.15, 0.2) is 16.6 Å². The molecule has 0 saturated carbocycles. The third-order valence-corrected chi connectivity index (χ3v) is 5.78. The summed E-state index contributed by atoms with van der Waals surface area (Å²) in [7, 11) is -4.11. The summed E-state index contributed by atoms with van der Waals surface area (Å²) in [5, 5.41) is 1.69. The summed E-state index contributed by atoms with van der Waals surface area (Å²) in [6.07, 6.45) is 1.27. The first-order valence-corrected chi connectivity index (χ1v) is 10.2. The molecule has 148 valence electrons. The fourth-order valence-corrected chi connectivity index (χ4v) is 3.99. The summed E-state index contributed by atoms with van der Waals surface area (Å²) in [6, 6.07) is 3.38. The van der Waals surface area contributed by atoms with Crippen molar-refractivity contribution < 1.29 is 26.7 Å². The lowest BCUT2D eigenvalue weighted by Gasteiger charge is -2.07. The van der Waals surface area contributed by atoms with E-state index in [1.165, 1.54) is 21.8 Å². The van der Waals surface area contributed by atoms with Crippen LogP contribution in [0.5, 0.6) is 0 Å². The van der Waals surface area contributed by atoms with Crippen molar-refractivity contribution in [3.05, 3.63) is 63.5 Å². The summed E-state index contributed by atoms with van der Waals surface area (Å²) in [5.74, 6) is -3.19. The molecule has 0 aliphatic carbocycles. The summed E-state index contributed by atoms with van der Waals surface area (Å²) in [6.45, 7) is -0.543. The largest absolute Gasteiger partial charge is 0.459 e. The van der Waals surface area contributed by atoms with E-state index in [-0.39, 0.29) is 30.8 Å². The van der Waals surface area contributed by atoms with Gasteiger partial charge in [-0.15, -0.1) is 11.3 Å². The van der Waals surface area contributed by atoms with E-state index in [1.807, 2.05) is 0 Å². The minimum Gasteiger partial charge on any atom is -0.459 e. The van der Waals surface area contributed by atoms with Crippen LogP contribution in [0.1, 0.15) is 12.1 Å². The second-order valence-electron chi connectivity index (χ2n) is 5.53. The molecule has 3 rings (SSSR count). The molecule has 1 aromatic carbocycles. The van der Waals surface area contributed by atoms with E-state index in [1.54, 1.807) is 11.6 Å². The number of rotatable bonds is 7. The maximum atomic E-state index is 13.2. The van der Waals surface area contributed by atoms with Gasteiger partial charge in [-0.2, -0.15) is 0 Å². The standard InChI is InChI=1S/C16H13F2N3O5S2/c17-12-2-1-11(8-13(12)18)28(24,25)19-4-3-15(23)26-9-10-7-14(22)21-5-6-27-16(21)20-10/h1-2,5-8,19H,3-4,9H2. The highest BCUT2D eigenvalue weighted by Crippen LogP contribution is 2.13. The second kappa shape index (κ2) is 8.12. The summed E-state index contributed by atoms with van der Waals surface area (Å²) in [5.41, 5.74) is -0.0419. The number of carbonyl (C=O) groups excluding carboxylic acids is 1. The zero-order valence-corrected chi connectivity index (χ0v) is 15.7. The van der Waals surface area contributed by atoms with Crippen molar-refractivity contribution >= 4 is 32.3 Å². The number of nitrogens with zero attached hydrogens (tertiary/aromatic N) is 2. The van der Waals surface area contributed by atoms with Gasteiger partial charge >= 0.3 is 5.97 Å². The monoisotopic (exact) mass is 429 g/mol. The van der Waals surface area contributed by atoms with Crippen LogP contribution < -0.4 is 10.3 Å². The number of nitrogens with one attached hydrogen (secondary N) is 1. The van der Waals surface area contributed by atoms with Gasteiger partial charge in [0.05, 0.1) is 17.0 Å². The number of hydrogen-bond acceptors (Lipinski definition) is 7. The average molecular weight is 429 g/mol. The zero-order valence-electron chi connectivity index (χ0n) is 14.1. The minimum absolute atomic E-state index is 0.238. The third-order valence-electron chi connectivity index (χ3n) is 3.56. The molecule has 0 atom stereocenters. The van der Waals surface area contributed by atoms with Crippen LogP contribution in [0, 0.1) is 11.6 Å². The Bertz CT molecular complexity index is 1190. The molecule has 0 saturated heterocycles. The predicted octanol–water partition coefficient (Wildman–Crippen LogP) is 1.45. The number of aromatic nitrogens is 2. The van der Waals surface area contributed by atoms with Crippen LogP contribution in [0.4, 0.5) is 8.78 Å². The Labute approximate surface area is 161 Å².